The van der Waals surface area contributed by atoms with Crippen molar-refractivity contribution in [3.05, 3.63) is 95.6 Å². The molecule has 0 radical (unpaired) electrons. The highest BCUT2D eigenvalue weighted by molar-refractivity contribution is 6.14. The number of aryl methyl sites for hydroxylation is 1. The van der Waals surface area contributed by atoms with Crippen molar-refractivity contribution < 1.29 is 9.59 Å². The highest BCUT2D eigenvalue weighted by atomic mass is 16.2. The van der Waals surface area contributed by atoms with Crippen molar-refractivity contribution in [2.24, 2.45) is 0 Å². The standard InChI is InChI=1S/C26H26N2O2/c1-18(2)20-11-13-21(14-12-20)25-26(30)27(22-15-9-19(3)10-16-22)17-24(29)28(25)23-7-5-4-6-8-23/h4-16,18,25H,17H2,1-3H3/t25-/m1/s1. The summed E-state index contributed by atoms with van der Waals surface area (Å²) in [7, 11) is 0. The number of carbonyl (C=O) groups excluding carboxylic acids is 2. The van der Waals surface area contributed by atoms with E-state index < -0.39 is 6.04 Å². The summed E-state index contributed by atoms with van der Waals surface area (Å²) in [4.78, 5) is 30.2. The third-order valence-electron chi connectivity index (χ3n) is 5.62. The lowest BCUT2D eigenvalue weighted by Gasteiger charge is -2.40. The quantitative estimate of drug-likeness (QED) is 0.603. The number of rotatable bonds is 4. The minimum absolute atomic E-state index is 0.0252. The highest BCUT2D eigenvalue weighted by Crippen LogP contribution is 2.35. The Hall–Kier alpha value is -3.40. The average molecular weight is 399 g/mol. The molecule has 0 unspecified atom stereocenters. The Balaban J connectivity index is 1.79. The first-order chi connectivity index (χ1) is 14.5. The van der Waals surface area contributed by atoms with Crippen LogP contribution in [0.5, 0.6) is 0 Å². The molecule has 0 bridgehead atoms. The maximum atomic E-state index is 13.7. The van der Waals surface area contributed by atoms with E-state index in [0.29, 0.717) is 5.92 Å². The van der Waals surface area contributed by atoms with Gasteiger partial charge in [-0.1, -0.05) is 74.0 Å². The van der Waals surface area contributed by atoms with E-state index in [2.05, 4.69) is 13.8 Å². The Morgan fingerprint density at radius 1 is 0.800 bits per heavy atom. The Labute approximate surface area is 177 Å². The van der Waals surface area contributed by atoms with Crippen molar-refractivity contribution in [3.63, 3.8) is 0 Å². The van der Waals surface area contributed by atoms with Crippen LogP contribution in [0.4, 0.5) is 11.4 Å². The van der Waals surface area contributed by atoms with Crippen LogP contribution in [0.15, 0.2) is 78.9 Å². The van der Waals surface area contributed by atoms with Gasteiger partial charge in [0.1, 0.15) is 12.6 Å². The van der Waals surface area contributed by atoms with Gasteiger partial charge in [0.2, 0.25) is 5.91 Å². The summed E-state index contributed by atoms with van der Waals surface area (Å²) in [6.07, 6.45) is 0. The molecule has 2 amide bonds. The second-order valence-electron chi connectivity index (χ2n) is 8.08. The molecule has 0 aliphatic carbocycles. The number of benzene rings is 3. The van der Waals surface area contributed by atoms with Crippen molar-refractivity contribution >= 4 is 23.2 Å². The molecule has 1 aliphatic rings. The molecule has 1 fully saturated rings. The lowest BCUT2D eigenvalue weighted by atomic mass is 9.95. The molecule has 0 aromatic heterocycles. The van der Waals surface area contributed by atoms with Crippen molar-refractivity contribution in [2.45, 2.75) is 32.7 Å². The molecular formula is C26H26N2O2. The lowest BCUT2D eigenvalue weighted by molar-refractivity contribution is -0.128. The first-order valence-corrected chi connectivity index (χ1v) is 10.3. The molecule has 3 aromatic rings. The average Bonchev–Trinajstić information content (AvgIpc) is 2.76. The third kappa shape index (κ3) is 3.73. The minimum atomic E-state index is -0.698. The van der Waals surface area contributed by atoms with Gasteiger partial charge in [-0.2, -0.15) is 0 Å². The normalized spacial score (nSPS) is 17.0. The minimum Gasteiger partial charge on any atom is -0.301 e. The summed E-state index contributed by atoms with van der Waals surface area (Å²) in [5.74, 6) is 0.205. The molecular weight excluding hydrogens is 372 g/mol. The molecule has 152 valence electrons. The van der Waals surface area contributed by atoms with Gasteiger partial charge in [0.15, 0.2) is 0 Å². The summed E-state index contributed by atoms with van der Waals surface area (Å²) in [6, 6.07) is 24.5. The number of hydrogen-bond donors (Lipinski definition) is 0. The maximum Gasteiger partial charge on any atom is 0.255 e. The van der Waals surface area contributed by atoms with E-state index in [1.807, 2.05) is 85.8 Å². The zero-order chi connectivity index (χ0) is 21.3. The van der Waals surface area contributed by atoms with Crippen molar-refractivity contribution in [1.29, 1.82) is 0 Å². The van der Waals surface area contributed by atoms with Crippen LogP contribution in [0.2, 0.25) is 0 Å². The molecule has 4 nitrogen and oxygen atoms in total. The summed E-state index contributed by atoms with van der Waals surface area (Å²) in [6.45, 7) is 6.31. The predicted molar refractivity (Wildman–Crippen MR) is 121 cm³/mol. The Morgan fingerprint density at radius 3 is 2.03 bits per heavy atom. The number of anilines is 2. The van der Waals surface area contributed by atoms with Gasteiger partial charge in [-0.3, -0.25) is 14.5 Å². The first kappa shape index (κ1) is 19.9. The molecule has 4 heteroatoms. The Bertz CT molecular complexity index is 1040. The maximum absolute atomic E-state index is 13.7. The van der Waals surface area contributed by atoms with Crippen molar-refractivity contribution in [1.82, 2.24) is 0 Å². The second-order valence-corrected chi connectivity index (χ2v) is 8.08. The first-order valence-electron chi connectivity index (χ1n) is 10.3. The molecule has 1 atom stereocenters. The van der Waals surface area contributed by atoms with E-state index >= 15 is 0 Å². The Morgan fingerprint density at radius 2 is 1.43 bits per heavy atom. The largest absolute Gasteiger partial charge is 0.301 e. The molecule has 30 heavy (non-hydrogen) atoms. The van der Waals surface area contributed by atoms with Gasteiger partial charge in [-0.15, -0.1) is 0 Å². The predicted octanol–water partition coefficient (Wildman–Crippen LogP) is 5.24. The van der Waals surface area contributed by atoms with Crippen molar-refractivity contribution in [2.75, 3.05) is 16.3 Å². The third-order valence-corrected chi connectivity index (χ3v) is 5.62. The number of para-hydroxylation sites is 1. The second kappa shape index (κ2) is 8.15. The van der Waals surface area contributed by atoms with Crippen LogP contribution in [0, 0.1) is 6.92 Å². The molecule has 0 spiro atoms. The van der Waals surface area contributed by atoms with Crippen LogP contribution in [0.1, 0.15) is 42.5 Å². The van der Waals surface area contributed by atoms with E-state index in [4.69, 9.17) is 0 Å². The zero-order valence-corrected chi connectivity index (χ0v) is 17.6. The topological polar surface area (TPSA) is 40.6 Å². The summed E-state index contributed by atoms with van der Waals surface area (Å²) in [5.41, 5.74) is 4.61. The Kier molecular flexibility index (Phi) is 5.40. The molecule has 1 saturated heterocycles. The van der Waals surface area contributed by atoms with E-state index in [-0.39, 0.29) is 18.4 Å². The fourth-order valence-electron chi connectivity index (χ4n) is 3.87. The van der Waals surface area contributed by atoms with Crippen LogP contribution in [-0.2, 0) is 9.59 Å². The highest BCUT2D eigenvalue weighted by Gasteiger charge is 2.41. The monoisotopic (exact) mass is 398 g/mol. The van der Waals surface area contributed by atoms with Crippen LogP contribution < -0.4 is 9.80 Å². The SMILES string of the molecule is Cc1ccc(N2CC(=O)N(c3ccccc3)[C@H](c3ccc(C(C)C)cc3)C2=O)cc1. The molecule has 1 aliphatic heterocycles. The van der Waals surface area contributed by atoms with Gasteiger partial charge in [0.05, 0.1) is 0 Å². The summed E-state index contributed by atoms with van der Waals surface area (Å²) >= 11 is 0. The van der Waals surface area contributed by atoms with E-state index in [0.717, 1.165) is 22.5 Å². The van der Waals surface area contributed by atoms with E-state index in [1.54, 1.807) is 9.80 Å². The number of amides is 2. The zero-order valence-electron chi connectivity index (χ0n) is 17.6. The van der Waals surface area contributed by atoms with E-state index in [1.165, 1.54) is 5.56 Å². The number of carbonyl (C=O) groups is 2. The van der Waals surface area contributed by atoms with Crippen LogP contribution in [-0.4, -0.2) is 18.4 Å². The molecule has 3 aromatic carbocycles. The fourth-order valence-corrected chi connectivity index (χ4v) is 3.87. The molecule has 0 saturated carbocycles. The van der Waals surface area contributed by atoms with Gasteiger partial charge >= 0.3 is 0 Å². The van der Waals surface area contributed by atoms with Gasteiger partial charge in [-0.05, 0) is 48.2 Å². The summed E-state index contributed by atoms with van der Waals surface area (Å²) < 4.78 is 0. The van der Waals surface area contributed by atoms with Crippen LogP contribution >= 0.6 is 0 Å². The number of hydrogen-bond acceptors (Lipinski definition) is 2. The smallest absolute Gasteiger partial charge is 0.255 e. The number of nitrogens with zero attached hydrogens (tertiary/aromatic N) is 2. The van der Waals surface area contributed by atoms with Gasteiger partial charge < -0.3 is 4.90 Å². The molecule has 0 N–H and O–H groups in total. The molecule has 1 heterocycles. The molecule has 4 rings (SSSR count). The van der Waals surface area contributed by atoms with Crippen molar-refractivity contribution in [3.8, 4) is 0 Å². The lowest BCUT2D eigenvalue weighted by Crippen LogP contribution is -2.56. The van der Waals surface area contributed by atoms with Crippen LogP contribution in [0.3, 0.4) is 0 Å². The van der Waals surface area contributed by atoms with E-state index in [9.17, 15) is 9.59 Å². The number of piperazine rings is 1. The van der Waals surface area contributed by atoms with Gasteiger partial charge in [0, 0.05) is 11.4 Å². The summed E-state index contributed by atoms with van der Waals surface area (Å²) in [5, 5.41) is 0. The fraction of sp³-hybridized carbons (Fsp3) is 0.231. The van der Waals surface area contributed by atoms with Gasteiger partial charge in [0.25, 0.3) is 5.91 Å². The van der Waals surface area contributed by atoms with Gasteiger partial charge in [-0.25, -0.2) is 0 Å². The van der Waals surface area contributed by atoms with Crippen LogP contribution in [0.25, 0.3) is 0 Å².